The number of fused-ring (bicyclic) bond motifs is 1. The zero-order valence-corrected chi connectivity index (χ0v) is 22.7. The van der Waals surface area contributed by atoms with Crippen LogP contribution < -0.4 is 0 Å². The molecule has 1 heterocycles. The zero-order chi connectivity index (χ0) is 25.0. The van der Waals surface area contributed by atoms with Crippen LogP contribution in [-0.2, 0) is 10.8 Å². The minimum atomic E-state index is -0.235. The summed E-state index contributed by atoms with van der Waals surface area (Å²) in [5.41, 5.74) is 4.13. The molecule has 180 valence electrons. The summed E-state index contributed by atoms with van der Waals surface area (Å²) in [7, 11) is 0. The van der Waals surface area contributed by atoms with Gasteiger partial charge in [-0.05, 0) is 64.3 Å². The second kappa shape index (κ2) is 8.30. The highest BCUT2D eigenvalue weighted by molar-refractivity contribution is 6.31. The lowest BCUT2D eigenvalue weighted by Gasteiger charge is -2.37. The van der Waals surface area contributed by atoms with Crippen molar-refractivity contribution >= 4 is 22.6 Å². The fraction of sp³-hybridized carbons (Fsp3) is 0.571. The first-order valence-corrected chi connectivity index (χ1v) is 12.2. The summed E-state index contributed by atoms with van der Waals surface area (Å²) in [4.78, 5) is 1.56. The Labute approximate surface area is 204 Å². The molecule has 0 atom stereocenters. The van der Waals surface area contributed by atoms with Gasteiger partial charge in [0.2, 0.25) is 0 Å². The van der Waals surface area contributed by atoms with Gasteiger partial charge < -0.3 is 5.11 Å². The predicted octanol–water partition coefficient (Wildman–Crippen LogP) is 8.21. The largest absolute Gasteiger partial charge is 0.505 e. The number of halogens is 1. The van der Waals surface area contributed by atoms with E-state index in [0.717, 1.165) is 23.9 Å². The zero-order valence-electron chi connectivity index (χ0n) is 22.0. The molecule has 0 spiro atoms. The van der Waals surface area contributed by atoms with Gasteiger partial charge in [0.15, 0.2) is 0 Å². The maximum absolute atomic E-state index is 11.6. The number of phenolic OH excluding ortho intramolecular Hbond substituents is 1. The van der Waals surface area contributed by atoms with Crippen molar-refractivity contribution in [2.24, 2.45) is 10.8 Å². The molecule has 0 radical (unpaired) electrons. The van der Waals surface area contributed by atoms with Crippen LogP contribution in [0.1, 0.15) is 93.2 Å². The lowest BCUT2D eigenvalue weighted by Crippen LogP contribution is -2.28. The Morgan fingerprint density at radius 1 is 0.758 bits per heavy atom. The normalized spacial score (nSPS) is 13.7. The smallest absolute Gasteiger partial charge is 0.146 e. The van der Waals surface area contributed by atoms with Crippen molar-refractivity contribution in [3.63, 3.8) is 0 Å². The molecule has 0 fully saturated rings. The van der Waals surface area contributed by atoms with E-state index in [1.807, 2.05) is 12.1 Å². The lowest BCUT2D eigenvalue weighted by molar-refractivity contribution is 0.274. The summed E-state index contributed by atoms with van der Waals surface area (Å²) in [6.45, 7) is 22.5. The first-order valence-electron chi connectivity index (χ1n) is 11.8. The van der Waals surface area contributed by atoms with Crippen LogP contribution in [-0.4, -0.2) is 20.1 Å². The molecule has 3 aromatic rings. The second-order valence-corrected chi connectivity index (χ2v) is 13.7. The van der Waals surface area contributed by atoms with Gasteiger partial charge in [-0.1, -0.05) is 86.9 Å². The van der Waals surface area contributed by atoms with E-state index in [-0.39, 0.29) is 27.4 Å². The Kier molecular flexibility index (Phi) is 6.43. The first kappa shape index (κ1) is 25.6. The summed E-state index contributed by atoms with van der Waals surface area (Å²) < 4.78 is 0. The van der Waals surface area contributed by atoms with E-state index in [9.17, 15) is 5.11 Å². The van der Waals surface area contributed by atoms with Crippen molar-refractivity contribution in [1.82, 2.24) is 15.0 Å². The van der Waals surface area contributed by atoms with Gasteiger partial charge in [-0.3, -0.25) is 0 Å². The van der Waals surface area contributed by atoms with Crippen molar-refractivity contribution in [3.05, 3.63) is 46.5 Å². The number of hydrogen-bond donors (Lipinski definition) is 1. The molecular formula is C28H40ClN3O. The van der Waals surface area contributed by atoms with Gasteiger partial charge in [0.05, 0.1) is 0 Å². The van der Waals surface area contributed by atoms with Gasteiger partial charge in [0.25, 0.3) is 0 Å². The van der Waals surface area contributed by atoms with Gasteiger partial charge in [-0.25, -0.2) is 0 Å². The Hall–Kier alpha value is -2.07. The number of benzene rings is 2. The number of nitrogens with zero attached hydrogens (tertiary/aromatic N) is 3. The third kappa shape index (κ3) is 5.90. The summed E-state index contributed by atoms with van der Waals surface area (Å²) in [6.07, 6.45) is 1.94. The van der Waals surface area contributed by atoms with Crippen molar-refractivity contribution < 1.29 is 5.11 Å². The fourth-order valence-electron chi connectivity index (χ4n) is 5.52. The Morgan fingerprint density at radius 2 is 1.30 bits per heavy atom. The average molecular weight is 470 g/mol. The van der Waals surface area contributed by atoms with E-state index in [1.165, 1.54) is 5.56 Å². The van der Waals surface area contributed by atoms with Crippen LogP contribution in [0.15, 0.2) is 30.3 Å². The first-order chi connectivity index (χ1) is 14.9. The van der Waals surface area contributed by atoms with Crippen LogP contribution in [0.4, 0.5) is 0 Å². The quantitative estimate of drug-likeness (QED) is 0.409. The highest BCUT2D eigenvalue weighted by Gasteiger charge is 2.34. The van der Waals surface area contributed by atoms with Gasteiger partial charge >= 0.3 is 0 Å². The van der Waals surface area contributed by atoms with Crippen LogP contribution in [0, 0.1) is 10.8 Å². The SMILES string of the molecule is CC(C)(C)CC(C)(C)c1cc(-n2nc3ccc(Cl)cc3n2)c(O)c(C(C)(C)CC(C)(C)C)c1. The number of rotatable bonds is 5. The van der Waals surface area contributed by atoms with Crippen molar-refractivity contribution in [2.45, 2.75) is 92.9 Å². The molecule has 4 nitrogen and oxygen atoms in total. The molecule has 0 aliphatic carbocycles. The van der Waals surface area contributed by atoms with E-state index in [2.05, 4.69) is 91.6 Å². The molecule has 33 heavy (non-hydrogen) atoms. The third-order valence-corrected chi connectivity index (χ3v) is 6.34. The number of aromatic hydroxyl groups is 1. The minimum Gasteiger partial charge on any atom is -0.505 e. The molecule has 0 saturated carbocycles. The summed E-state index contributed by atoms with van der Waals surface area (Å²) in [6, 6.07) is 9.73. The Morgan fingerprint density at radius 3 is 1.88 bits per heavy atom. The van der Waals surface area contributed by atoms with Crippen LogP contribution in [0.3, 0.4) is 0 Å². The third-order valence-electron chi connectivity index (χ3n) is 6.10. The fourth-order valence-corrected chi connectivity index (χ4v) is 5.69. The van der Waals surface area contributed by atoms with Gasteiger partial charge in [0.1, 0.15) is 22.5 Å². The van der Waals surface area contributed by atoms with Gasteiger partial charge in [-0.15, -0.1) is 15.0 Å². The summed E-state index contributed by atoms with van der Waals surface area (Å²) in [5.74, 6) is 0.242. The Balaban J connectivity index is 2.27. The standard InChI is InChI=1S/C28H40ClN3O/c1-25(2,3)16-27(7,8)18-13-20(28(9,10)17-26(4,5)6)24(33)23(14-18)32-30-21-12-11-19(29)15-22(21)31-32/h11-15,33H,16-17H2,1-10H3. The monoisotopic (exact) mass is 469 g/mol. The molecule has 5 heteroatoms. The predicted molar refractivity (Wildman–Crippen MR) is 140 cm³/mol. The lowest BCUT2D eigenvalue weighted by atomic mass is 9.68. The number of phenols is 1. The van der Waals surface area contributed by atoms with Crippen molar-refractivity contribution in [1.29, 1.82) is 0 Å². The molecule has 3 rings (SSSR count). The van der Waals surface area contributed by atoms with Crippen molar-refractivity contribution in [3.8, 4) is 11.4 Å². The number of aromatic nitrogens is 3. The van der Waals surface area contributed by atoms with E-state index >= 15 is 0 Å². The van der Waals surface area contributed by atoms with Crippen LogP contribution in [0.2, 0.25) is 5.02 Å². The van der Waals surface area contributed by atoms with E-state index in [1.54, 1.807) is 10.9 Å². The van der Waals surface area contributed by atoms with Crippen LogP contribution >= 0.6 is 11.6 Å². The summed E-state index contributed by atoms with van der Waals surface area (Å²) in [5, 5.41) is 21.5. The minimum absolute atomic E-state index is 0.0941. The van der Waals surface area contributed by atoms with Crippen molar-refractivity contribution in [2.75, 3.05) is 0 Å². The van der Waals surface area contributed by atoms with Gasteiger partial charge in [0, 0.05) is 10.6 Å². The van der Waals surface area contributed by atoms with Crippen LogP contribution in [0.25, 0.3) is 16.7 Å². The van der Waals surface area contributed by atoms with Gasteiger partial charge in [-0.2, -0.15) is 0 Å². The van der Waals surface area contributed by atoms with Crippen LogP contribution in [0.5, 0.6) is 5.75 Å². The molecule has 0 saturated heterocycles. The highest BCUT2D eigenvalue weighted by Crippen LogP contribution is 2.45. The topological polar surface area (TPSA) is 50.9 Å². The van der Waals surface area contributed by atoms with E-state index < -0.39 is 0 Å². The second-order valence-electron chi connectivity index (χ2n) is 13.3. The molecule has 1 N–H and O–H groups in total. The highest BCUT2D eigenvalue weighted by atomic mass is 35.5. The maximum atomic E-state index is 11.6. The molecule has 0 aliphatic heterocycles. The maximum Gasteiger partial charge on any atom is 0.146 e. The summed E-state index contributed by atoms with van der Waals surface area (Å²) >= 11 is 6.17. The number of hydrogen-bond acceptors (Lipinski definition) is 3. The molecular weight excluding hydrogens is 430 g/mol. The molecule has 2 aromatic carbocycles. The molecule has 0 aliphatic rings. The van der Waals surface area contributed by atoms with E-state index in [4.69, 9.17) is 11.6 Å². The Bertz CT molecular complexity index is 1160. The molecule has 0 bridgehead atoms. The van der Waals surface area contributed by atoms with E-state index in [0.29, 0.717) is 16.2 Å². The molecule has 1 aromatic heterocycles. The average Bonchev–Trinajstić information content (AvgIpc) is 3.00. The molecule has 0 unspecified atom stereocenters. The molecule has 0 amide bonds.